The van der Waals surface area contributed by atoms with Gasteiger partial charge in [-0.1, -0.05) is 13.8 Å². The molecule has 0 saturated heterocycles. The predicted molar refractivity (Wildman–Crippen MR) is 67.5 cm³/mol. The summed E-state index contributed by atoms with van der Waals surface area (Å²) in [6.07, 6.45) is 1.46. The van der Waals surface area contributed by atoms with Crippen LogP contribution in [0.2, 0.25) is 0 Å². The van der Waals surface area contributed by atoms with Crippen LogP contribution in [0.15, 0.2) is 18.2 Å². The Balaban J connectivity index is 2.90. The van der Waals surface area contributed by atoms with Gasteiger partial charge in [0.25, 0.3) is 0 Å². The number of nitrogens with one attached hydrogen (secondary N) is 1. The fourth-order valence-electron chi connectivity index (χ4n) is 1.22. The van der Waals surface area contributed by atoms with Crippen molar-refractivity contribution in [2.45, 2.75) is 26.7 Å². The van der Waals surface area contributed by atoms with Crippen LogP contribution in [-0.4, -0.2) is 5.91 Å². The fourth-order valence-corrected chi connectivity index (χ4v) is 1.77. The summed E-state index contributed by atoms with van der Waals surface area (Å²) in [5.41, 5.74) is 2.14. The van der Waals surface area contributed by atoms with E-state index in [9.17, 15) is 4.79 Å². The highest BCUT2D eigenvalue weighted by Gasteiger charge is 2.04. The molecule has 1 aromatic carbocycles. The molecule has 1 N–H and O–H groups in total. The van der Waals surface area contributed by atoms with Crippen molar-refractivity contribution in [2.24, 2.45) is 0 Å². The van der Waals surface area contributed by atoms with Crippen molar-refractivity contribution in [2.75, 3.05) is 5.32 Å². The van der Waals surface area contributed by atoms with Crippen LogP contribution in [0.4, 0.5) is 5.69 Å². The average molecular weight is 303 g/mol. The molecule has 0 fully saturated rings. The van der Waals surface area contributed by atoms with E-state index in [0.717, 1.165) is 12.1 Å². The van der Waals surface area contributed by atoms with Crippen LogP contribution < -0.4 is 5.32 Å². The summed E-state index contributed by atoms with van der Waals surface area (Å²) in [7, 11) is 0. The smallest absolute Gasteiger partial charge is 0.224 e. The number of halogens is 1. The van der Waals surface area contributed by atoms with Gasteiger partial charge >= 0.3 is 0 Å². The standard InChI is InChI=1S/C11H14INO/c1-3-8-7-9(12)5-6-10(8)13-11(14)4-2/h5-7H,3-4H2,1-2H3,(H,13,14). The summed E-state index contributed by atoms with van der Waals surface area (Å²) < 4.78 is 1.20. The van der Waals surface area contributed by atoms with Gasteiger partial charge in [-0.05, 0) is 52.8 Å². The summed E-state index contributed by atoms with van der Waals surface area (Å²) in [5.74, 6) is 0.0703. The van der Waals surface area contributed by atoms with Gasteiger partial charge in [0.15, 0.2) is 0 Å². The summed E-state index contributed by atoms with van der Waals surface area (Å²) in [5, 5.41) is 2.90. The van der Waals surface area contributed by atoms with Crippen LogP contribution in [0, 0.1) is 3.57 Å². The second-order valence-corrected chi connectivity index (χ2v) is 4.30. The van der Waals surface area contributed by atoms with E-state index in [1.165, 1.54) is 9.13 Å². The fraction of sp³-hybridized carbons (Fsp3) is 0.364. The van der Waals surface area contributed by atoms with E-state index in [0.29, 0.717) is 6.42 Å². The van der Waals surface area contributed by atoms with E-state index in [1.807, 2.05) is 19.1 Å². The number of hydrogen-bond donors (Lipinski definition) is 1. The van der Waals surface area contributed by atoms with Crippen LogP contribution >= 0.6 is 22.6 Å². The van der Waals surface area contributed by atoms with Gasteiger partial charge in [0.1, 0.15) is 0 Å². The third-order valence-corrected chi connectivity index (χ3v) is 2.71. The number of amides is 1. The Morgan fingerprint density at radius 1 is 1.43 bits per heavy atom. The second kappa shape index (κ2) is 5.34. The third kappa shape index (κ3) is 2.97. The maximum absolute atomic E-state index is 11.2. The molecule has 14 heavy (non-hydrogen) atoms. The van der Waals surface area contributed by atoms with Gasteiger partial charge < -0.3 is 5.32 Å². The molecule has 0 heterocycles. The van der Waals surface area contributed by atoms with E-state index in [-0.39, 0.29) is 5.91 Å². The van der Waals surface area contributed by atoms with E-state index in [4.69, 9.17) is 0 Å². The van der Waals surface area contributed by atoms with Crippen LogP contribution in [0.25, 0.3) is 0 Å². The van der Waals surface area contributed by atoms with Gasteiger partial charge in [0.2, 0.25) is 5.91 Å². The molecule has 0 bridgehead atoms. The molecular weight excluding hydrogens is 289 g/mol. The molecule has 2 nitrogen and oxygen atoms in total. The van der Waals surface area contributed by atoms with Crippen molar-refractivity contribution in [1.29, 1.82) is 0 Å². The number of anilines is 1. The van der Waals surface area contributed by atoms with Crippen molar-refractivity contribution in [3.63, 3.8) is 0 Å². The monoisotopic (exact) mass is 303 g/mol. The Labute approximate surface area is 98.2 Å². The van der Waals surface area contributed by atoms with Crippen LogP contribution in [-0.2, 0) is 11.2 Å². The first-order valence-corrected chi connectivity index (χ1v) is 5.83. The summed E-state index contributed by atoms with van der Waals surface area (Å²) in [4.78, 5) is 11.2. The normalized spacial score (nSPS) is 9.93. The Kier molecular flexibility index (Phi) is 4.38. The highest BCUT2D eigenvalue weighted by Crippen LogP contribution is 2.19. The number of aryl methyl sites for hydroxylation is 1. The minimum atomic E-state index is 0.0703. The van der Waals surface area contributed by atoms with Crippen LogP contribution in [0.5, 0.6) is 0 Å². The molecule has 0 radical (unpaired) electrons. The molecule has 0 aliphatic heterocycles. The number of carbonyl (C=O) groups is 1. The van der Waals surface area contributed by atoms with E-state index in [1.54, 1.807) is 0 Å². The van der Waals surface area contributed by atoms with Crippen LogP contribution in [0.3, 0.4) is 0 Å². The lowest BCUT2D eigenvalue weighted by molar-refractivity contribution is -0.115. The molecule has 0 saturated carbocycles. The minimum Gasteiger partial charge on any atom is -0.326 e. The van der Waals surface area contributed by atoms with Gasteiger partial charge in [0.05, 0.1) is 0 Å². The lowest BCUT2D eigenvalue weighted by Gasteiger charge is -2.09. The van der Waals surface area contributed by atoms with Gasteiger partial charge in [-0.15, -0.1) is 0 Å². The molecule has 0 aromatic heterocycles. The second-order valence-electron chi connectivity index (χ2n) is 3.06. The zero-order valence-electron chi connectivity index (χ0n) is 8.43. The predicted octanol–water partition coefficient (Wildman–Crippen LogP) is 3.20. The van der Waals surface area contributed by atoms with E-state index >= 15 is 0 Å². The Morgan fingerprint density at radius 3 is 2.71 bits per heavy atom. The molecule has 0 unspecified atom stereocenters. The maximum Gasteiger partial charge on any atom is 0.224 e. The SMILES string of the molecule is CCC(=O)Nc1ccc(I)cc1CC. The lowest BCUT2D eigenvalue weighted by Crippen LogP contribution is -2.11. The van der Waals surface area contributed by atoms with Crippen LogP contribution in [0.1, 0.15) is 25.8 Å². The first-order valence-electron chi connectivity index (χ1n) is 4.75. The van der Waals surface area contributed by atoms with E-state index < -0.39 is 0 Å². The van der Waals surface area contributed by atoms with Gasteiger partial charge in [-0.25, -0.2) is 0 Å². The van der Waals surface area contributed by atoms with Crippen molar-refractivity contribution in [3.05, 3.63) is 27.3 Å². The molecule has 3 heteroatoms. The zero-order chi connectivity index (χ0) is 10.6. The minimum absolute atomic E-state index is 0.0703. The third-order valence-electron chi connectivity index (χ3n) is 2.04. The number of rotatable bonds is 3. The van der Waals surface area contributed by atoms with E-state index in [2.05, 4.69) is 40.9 Å². The Bertz CT molecular complexity index is 336. The molecule has 76 valence electrons. The van der Waals surface area contributed by atoms with Crippen molar-refractivity contribution in [3.8, 4) is 0 Å². The highest BCUT2D eigenvalue weighted by molar-refractivity contribution is 14.1. The largest absolute Gasteiger partial charge is 0.326 e. The molecular formula is C11H14INO. The van der Waals surface area contributed by atoms with Gasteiger partial charge in [-0.2, -0.15) is 0 Å². The van der Waals surface area contributed by atoms with Crippen molar-refractivity contribution >= 4 is 34.2 Å². The maximum atomic E-state index is 11.2. The van der Waals surface area contributed by atoms with Crippen molar-refractivity contribution < 1.29 is 4.79 Å². The van der Waals surface area contributed by atoms with Crippen molar-refractivity contribution in [1.82, 2.24) is 0 Å². The summed E-state index contributed by atoms with van der Waals surface area (Å²) in [6.45, 7) is 3.95. The Morgan fingerprint density at radius 2 is 2.14 bits per heavy atom. The topological polar surface area (TPSA) is 29.1 Å². The quantitative estimate of drug-likeness (QED) is 0.854. The van der Waals surface area contributed by atoms with Gasteiger partial charge in [-0.3, -0.25) is 4.79 Å². The summed E-state index contributed by atoms with van der Waals surface area (Å²) >= 11 is 2.28. The molecule has 0 spiro atoms. The molecule has 0 aliphatic rings. The first kappa shape index (κ1) is 11.5. The zero-order valence-corrected chi connectivity index (χ0v) is 10.6. The number of hydrogen-bond acceptors (Lipinski definition) is 1. The molecule has 1 amide bonds. The molecule has 0 aliphatic carbocycles. The lowest BCUT2D eigenvalue weighted by atomic mass is 10.1. The summed E-state index contributed by atoms with van der Waals surface area (Å²) in [6, 6.07) is 6.07. The molecule has 1 aromatic rings. The Hall–Kier alpha value is -0.580. The average Bonchev–Trinajstić information content (AvgIpc) is 2.20. The first-order chi connectivity index (χ1) is 6.67. The number of benzene rings is 1. The highest BCUT2D eigenvalue weighted by atomic mass is 127. The number of carbonyl (C=O) groups excluding carboxylic acids is 1. The van der Waals surface area contributed by atoms with Gasteiger partial charge in [0, 0.05) is 15.7 Å². The molecule has 0 atom stereocenters. The molecule has 1 rings (SSSR count).